The summed E-state index contributed by atoms with van der Waals surface area (Å²) < 4.78 is 7.10. The second kappa shape index (κ2) is 8.51. The number of ether oxygens (including phenoxy) is 1. The number of nitrogens with zero attached hydrogens (tertiary/aromatic N) is 2. The first kappa shape index (κ1) is 19.8. The molecule has 30 heavy (non-hydrogen) atoms. The molecule has 0 radical (unpaired) electrons. The highest BCUT2D eigenvalue weighted by molar-refractivity contribution is 7.20. The van der Waals surface area contributed by atoms with E-state index in [1.807, 2.05) is 29.8 Å². The van der Waals surface area contributed by atoms with Crippen molar-refractivity contribution in [2.24, 2.45) is 0 Å². The average Bonchev–Trinajstić information content (AvgIpc) is 3.30. The van der Waals surface area contributed by atoms with Gasteiger partial charge in [0, 0.05) is 11.1 Å². The number of anilines is 1. The molecule has 0 fully saturated rings. The number of esters is 1. The Kier molecular flexibility index (Phi) is 5.63. The van der Waals surface area contributed by atoms with Gasteiger partial charge in [0.1, 0.15) is 9.71 Å². The molecule has 4 aromatic rings. The molecule has 1 N–H and O–H groups in total. The molecule has 6 nitrogen and oxygen atoms in total. The van der Waals surface area contributed by atoms with Crippen LogP contribution in [0.5, 0.6) is 0 Å². The van der Waals surface area contributed by atoms with E-state index in [0.29, 0.717) is 17.1 Å². The van der Waals surface area contributed by atoms with Gasteiger partial charge in [0.2, 0.25) is 0 Å². The number of para-hydroxylation sites is 1. The van der Waals surface area contributed by atoms with Crippen LogP contribution in [0.4, 0.5) is 5.69 Å². The zero-order chi connectivity index (χ0) is 21.1. The van der Waals surface area contributed by atoms with Crippen molar-refractivity contribution in [1.82, 2.24) is 9.78 Å². The molecule has 2 aromatic heterocycles. The van der Waals surface area contributed by atoms with Crippen molar-refractivity contribution >= 4 is 39.1 Å². The average molecular weight is 420 g/mol. The van der Waals surface area contributed by atoms with E-state index in [4.69, 9.17) is 4.74 Å². The summed E-state index contributed by atoms with van der Waals surface area (Å²) >= 11 is 1.33. The van der Waals surface area contributed by atoms with Crippen molar-refractivity contribution < 1.29 is 14.3 Å². The zero-order valence-electron chi connectivity index (χ0n) is 16.7. The third-order valence-electron chi connectivity index (χ3n) is 4.65. The quantitative estimate of drug-likeness (QED) is 0.465. The number of carbonyl (C=O) groups is 2. The second-order valence-electron chi connectivity index (χ2n) is 7.05. The monoisotopic (exact) mass is 419 g/mol. The van der Waals surface area contributed by atoms with E-state index in [1.54, 1.807) is 18.2 Å². The van der Waals surface area contributed by atoms with Crippen LogP contribution in [0.25, 0.3) is 10.2 Å². The molecule has 7 heteroatoms. The Bertz CT molecular complexity index is 1190. The molecule has 4 rings (SSSR count). The number of benzene rings is 2. The van der Waals surface area contributed by atoms with Crippen LogP contribution in [0.3, 0.4) is 0 Å². The van der Waals surface area contributed by atoms with Crippen LogP contribution in [0.15, 0.2) is 60.7 Å². The molecule has 0 atom stereocenters. The highest BCUT2D eigenvalue weighted by Crippen LogP contribution is 2.29. The van der Waals surface area contributed by atoms with Gasteiger partial charge in [-0.1, -0.05) is 48.0 Å². The lowest BCUT2D eigenvalue weighted by molar-refractivity contribution is -0.119. The first-order valence-electron chi connectivity index (χ1n) is 9.54. The normalized spacial score (nSPS) is 10.9. The molecule has 0 aliphatic heterocycles. The predicted octanol–water partition coefficient (Wildman–Crippen LogP) is 4.56. The minimum absolute atomic E-state index is 0.337. The van der Waals surface area contributed by atoms with Gasteiger partial charge >= 0.3 is 5.97 Å². The topological polar surface area (TPSA) is 73.2 Å². The van der Waals surface area contributed by atoms with Crippen molar-refractivity contribution in [2.45, 2.75) is 20.4 Å². The van der Waals surface area contributed by atoms with Crippen molar-refractivity contribution in [3.8, 4) is 0 Å². The third kappa shape index (κ3) is 4.41. The maximum absolute atomic E-state index is 12.5. The summed E-state index contributed by atoms with van der Waals surface area (Å²) in [6.07, 6.45) is 0. The van der Waals surface area contributed by atoms with Gasteiger partial charge in [-0.25, -0.2) is 4.79 Å². The third-order valence-corrected chi connectivity index (χ3v) is 5.78. The maximum atomic E-state index is 12.5. The van der Waals surface area contributed by atoms with Gasteiger partial charge in [-0.2, -0.15) is 5.10 Å². The van der Waals surface area contributed by atoms with E-state index in [1.165, 1.54) is 16.9 Å². The summed E-state index contributed by atoms with van der Waals surface area (Å²) in [6.45, 7) is 4.26. The smallest absolute Gasteiger partial charge is 0.348 e. The summed E-state index contributed by atoms with van der Waals surface area (Å²) in [5.74, 6) is -0.891. The van der Waals surface area contributed by atoms with E-state index in [0.717, 1.165) is 21.5 Å². The lowest BCUT2D eigenvalue weighted by Gasteiger charge is -2.05. The molecular formula is C23H21N3O3S. The van der Waals surface area contributed by atoms with Crippen molar-refractivity contribution in [3.05, 3.63) is 82.4 Å². The Labute approximate surface area is 178 Å². The number of hydrogen-bond donors (Lipinski definition) is 1. The predicted molar refractivity (Wildman–Crippen MR) is 118 cm³/mol. The van der Waals surface area contributed by atoms with Gasteiger partial charge < -0.3 is 10.1 Å². The number of hydrogen-bond acceptors (Lipinski definition) is 5. The number of rotatable bonds is 6. The minimum Gasteiger partial charge on any atom is -0.451 e. The fraction of sp³-hybridized carbons (Fsp3) is 0.174. The van der Waals surface area contributed by atoms with Crippen LogP contribution in [0.2, 0.25) is 0 Å². The van der Waals surface area contributed by atoms with Gasteiger partial charge in [0.25, 0.3) is 5.91 Å². The maximum Gasteiger partial charge on any atom is 0.348 e. The van der Waals surface area contributed by atoms with Gasteiger partial charge in [-0.15, -0.1) is 11.3 Å². The number of nitrogens with one attached hydrogen (secondary N) is 1. The minimum atomic E-state index is -0.513. The van der Waals surface area contributed by atoms with Gasteiger partial charge in [0.15, 0.2) is 6.61 Å². The zero-order valence-corrected chi connectivity index (χ0v) is 17.5. The van der Waals surface area contributed by atoms with Crippen LogP contribution in [-0.2, 0) is 16.1 Å². The summed E-state index contributed by atoms with van der Waals surface area (Å²) in [5.41, 5.74) is 3.86. The summed E-state index contributed by atoms with van der Waals surface area (Å²) in [7, 11) is 0. The van der Waals surface area contributed by atoms with Crippen LogP contribution in [0.1, 0.15) is 26.5 Å². The summed E-state index contributed by atoms with van der Waals surface area (Å²) in [4.78, 5) is 25.8. The Morgan fingerprint density at radius 2 is 1.80 bits per heavy atom. The van der Waals surface area contributed by atoms with E-state index >= 15 is 0 Å². The molecule has 0 aliphatic carbocycles. The lowest BCUT2D eigenvalue weighted by atomic mass is 10.1. The number of fused-ring (bicyclic) bond motifs is 1. The molecule has 2 aromatic carbocycles. The van der Waals surface area contributed by atoms with Crippen LogP contribution < -0.4 is 5.32 Å². The number of aromatic nitrogens is 2. The first-order chi connectivity index (χ1) is 14.5. The van der Waals surface area contributed by atoms with Crippen molar-refractivity contribution in [3.63, 3.8) is 0 Å². The standard InChI is InChI=1S/C23H21N3O3S/c1-15-8-10-17(11-9-15)13-26-22-19(16(2)25-26)12-20(30-22)23(28)29-14-21(27)24-18-6-4-3-5-7-18/h3-12H,13-14H2,1-2H3,(H,24,27). The molecule has 0 unspecified atom stereocenters. The second-order valence-corrected chi connectivity index (χ2v) is 8.08. The summed E-state index contributed by atoms with van der Waals surface area (Å²) in [5, 5.41) is 8.22. The molecule has 0 bridgehead atoms. The van der Waals surface area contributed by atoms with Crippen LogP contribution in [-0.4, -0.2) is 28.3 Å². The Hall–Kier alpha value is -3.45. The van der Waals surface area contributed by atoms with Crippen molar-refractivity contribution in [2.75, 3.05) is 11.9 Å². The number of carbonyl (C=O) groups excluding carboxylic acids is 2. The molecule has 152 valence electrons. The fourth-order valence-electron chi connectivity index (χ4n) is 3.11. The van der Waals surface area contributed by atoms with Crippen LogP contribution >= 0.6 is 11.3 Å². The Morgan fingerprint density at radius 3 is 2.53 bits per heavy atom. The lowest BCUT2D eigenvalue weighted by Crippen LogP contribution is -2.20. The SMILES string of the molecule is Cc1ccc(Cn2nc(C)c3cc(C(=O)OCC(=O)Nc4ccccc4)sc32)cc1. The summed E-state index contributed by atoms with van der Waals surface area (Å²) in [6, 6.07) is 19.1. The van der Waals surface area contributed by atoms with E-state index in [-0.39, 0.29) is 12.5 Å². The van der Waals surface area contributed by atoms with E-state index in [2.05, 4.69) is 41.6 Å². The number of aryl methyl sites for hydroxylation is 2. The molecular weight excluding hydrogens is 398 g/mol. The molecule has 0 aliphatic rings. The van der Waals surface area contributed by atoms with Crippen LogP contribution in [0, 0.1) is 13.8 Å². The molecule has 2 heterocycles. The number of amides is 1. The van der Waals surface area contributed by atoms with Gasteiger partial charge in [-0.05, 0) is 37.6 Å². The molecule has 0 saturated heterocycles. The largest absolute Gasteiger partial charge is 0.451 e. The van der Waals surface area contributed by atoms with Gasteiger partial charge in [0.05, 0.1) is 12.2 Å². The Morgan fingerprint density at radius 1 is 1.07 bits per heavy atom. The highest BCUT2D eigenvalue weighted by atomic mass is 32.1. The molecule has 1 amide bonds. The van der Waals surface area contributed by atoms with Crippen molar-refractivity contribution in [1.29, 1.82) is 0 Å². The van der Waals surface area contributed by atoms with E-state index < -0.39 is 5.97 Å². The molecule has 0 saturated carbocycles. The first-order valence-corrected chi connectivity index (χ1v) is 10.4. The fourth-order valence-corrected chi connectivity index (χ4v) is 4.16. The highest BCUT2D eigenvalue weighted by Gasteiger charge is 2.18. The molecule has 0 spiro atoms. The van der Waals surface area contributed by atoms with Gasteiger partial charge in [-0.3, -0.25) is 9.48 Å². The number of thiophene rings is 1. The Balaban J connectivity index is 1.44. The van der Waals surface area contributed by atoms with E-state index in [9.17, 15) is 9.59 Å².